The zero-order valence-electron chi connectivity index (χ0n) is 12.9. The number of carboxylic acids is 1. The molecule has 2 rings (SSSR count). The van der Waals surface area contributed by atoms with Crippen molar-refractivity contribution < 1.29 is 23.1 Å². The van der Waals surface area contributed by atoms with Crippen LogP contribution in [0.2, 0.25) is 0 Å². The number of nitrogens with zero attached hydrogens (tertiary/aromatic N) is 2. The van der Waals surface area contributed by atoms with Crippen molar-refractivity contribution in [2.45, 2.75) is 18.4 Å². The molecule has 124 valence electrons. The van der Waals surface area contributed by atoms with Crippen LogP contribution < -0.4 is 9.46 Å². The molecule has 0 aliphatic carbocycles. The summed E-state index contributed by atoms with van der Waals surface area (Å²) in [5.74, 6) is -1.14. The van der Waals surface area contributed by atoms with E-state index in [4.69, 9.17) is 4.74 Å². The summed E-state index contributed by atoms with van der Waals surface area (Å²) in [6, 6.07) is 3.03. The van der Waals surface area contributed by atoms with Crippen LogP contribution in [0.15, 0.2) is 29.7 Å². The molecule has 1 aromatic carbocycles. The molecule has 9 heteroatoms. The molecule has 1 heterocycles. The van der Waals surface area contributed by atoms with Gasteiger partial charge in [-0.1, -0.05) is 13.0 Å². The Kier molecular flexibility index (Phi) is 4.60. The Bertz CT molecular complexity index is 842. The van der Waals surface area contributed by atoms with Gasteiger partial charge in [0.2, 0.25) is 0 Å². The highest BCUT2D eigenvalue weighted by molar-refractivity contribution is 7.92. The van der Waals surface area contributed by atoms with E-state index in [2.05, 4.69) is 9.71 Å². The molecule has 0 aliphatic heterocycles. The number of hydrogen-bond acceptors (Lipinski definition) is 5. The lowest BCUT2D eigenvalue weighted by atomic mass is 10.0. The number of rotatable bonds is 6. The Morgan fingerprint density at radius 3 is 2.61 bits per heavy atom. The summed E-state index contributed by atoms with van der Waals surface area (Å²) < 4.78 is 33.5. The molecular weight excluding hydrogens is 322 g/mol. The van der Waals surface area contributed by atoms with Crippen LogP contribution >= 0.6 is 0 Å². The number of aromatic nitrogens is 2. The number of carboxylic acid groups (broad SMARTS) is 1. The second kappa shape index (κ2) is 6.29. The molecule has 0 atom stereocenters. The summed E-state index contributed by atoms with van der Waals surface area (Å²) in [5.41, 5.74) is 0.370. The first-order valence-electron chi connectivity index (χ1n) is 6.74. The van der Waals surface area contributed by atoms with Crippen LogP contribution in [0.25, 0.3) is 0 Å². The number of aryl methyl sites for hydroxylation is 2. The molecule has 23 heavy (non-hydrogen) atoms. The van der Waals surface area contributed by atoms with E-state index in [1.165, 1.54) is 30.3 Å². The zero-order valence-corrected chi connectivity index (χ0v) is 13.7. The minimum Gasteiger partial charge on any atom is -0.495 e. The van der Waals surface area contributed by atoms with Gasteiger partial charge in [-0.05, 0) is 18.1 Å². The van der Waals surface area contributed by atoms with E-state index in [9.17, 15) is 18.3 Å². The predicted octanol–water partition coefficient (Wildman–Crippen LogP) is 1.49. The average molecular weight is 339 g/mol. The van der Waals surface area contributed by atoms with Crippen molar-refractivity contribution in [1.82, 2.24) is 9.55 Å². The number of sulfonamides is 1. The van der Waals surface area contributed by atoms with Crippen molar-refractivity contribution in [3.8, 4) is 5.75 Å². The number of anilines is 1. The largest absolute Gasteiger partial charge is 0.495 e. The summed E-state index contributed by atoms with van der Waals surface area (Å²) in [7, 11) is -1.02. The molecule has 0 saturated carbocycles. The number of ether oxygens (including phenoxy) is 1. The van der Waals surface area contributed by atoms with Gasteiger partial charge in [0.25, 0.3) is 10.0 Å². The number of carbonyl (C=O) groups is 1. The lowest BCUT2D eigenvalue weighted by Crippen LogP contribution is -2.17. The van der Waals surface area contributed by atoms with Gasteiger partial charge < -0.3 is 14.4 Å². The van der Waals surface area contributed by atoms with Gasteiger partial charge in [0, 0.05) is 13.2 Å². The van der Waals surface area contributed by atoms with Gasteiger partial charge in [0.15, 0.2) is 5.03 Å². The molecular formula is C14H17N3O5S. The normalized spacial score (nSPS) is 11.3. The summed E-state index contributed by atoms with van der Waals surface area (Å²) >= 11 is 0. The van der Waals surface area contributed by atoms with Gasteiger partial charge in [-0.25, -0.2) is 9.78 Å². The van der Waals surface area contributed by atoms with E-state index >= 15 is 0 Å². The molecule has 0 aliphatic rings. The van der Waals surface area contributed by atoms with Gasteiger partial charge >= 0.3 is 5.97 Å². The molecule has 1 aromatic heterocycles. The molecule has 0 spiro atoms. The number of hydrogen-bond donors (Lipinski definition) is 2. The highest BCUT2D eigenvalue weighted by atomic mass is 32.2. The molecule has 0 saturated heterocycles. The highest BCUT2D eigenvalue weighted by Crippen LogP contribution is 2.32. The third-order valence-corrected chi connectivity index (χ3v) is 4.49. The van der Waals surface area contributed by atoms with Gasteiger partial charge in [-0.3, -0.25) is 4.72 Å². The third-order valence-electron chi connectivity index (χ3n) is 3.24. The van der Waals surface area contributed by atoms with Crippen molar-refractivity contribution in [3.05, 3.63) is 35.8 Å². The minimum atomic E-state index is -3.99. The molecule has 2 N–H and O–H groups in total. The van der Waals surface area contributed by atoms with Crippen LogP contribution in [-0.2, 0) is 23.5 Å². The second-order valence-corrected chi connectivity index (χ2v) is 6.45. The molecule has 0 unspecified atom stereocenters. The smallest absolute Gasteiger partial charge is 0.341 e. The Labute approximate surface area is 133 Å². The average Bonchev–Trinajstić information content (AvgIpc) is 2.93. The number of benzene rings is 1. The van der Waals surface area contributed by atoms with Crippen LogP contribution in [0, 0.1) is 0 Å². The van der Waals surface area contributed by atoms with Gasteiger partial charge in [0.05, 0.1) is 19.1 Å². The highest BCUT2D eigenvalue weighted by Gasteiger charge is 2.24. The monoisotopic (exact) mass is 339 g/mol. The SMILES string of the molecule is CCc1ccc(NS(=O)(=O)c2cn(C)cn2)c(C(=O)O)c1OC. The van der Waals surface area contributed by atoms with E-state index in [0.717, 1.165) is 0 Å². The van der Waals surface area contributed by atoms with E-state index in [-0.39, 0.29) is 22.0 Å². The lowest BCUT2D eigenvalue weighted by Gasteiger charge is -2.15. The van der Waals surface area contributed by atoms with Crippen molar-refractivity contribution >= 4 is 21.7 Å². The Morgan fingerprint density at radius 2 is 2.13 bits per heavy atom. The topological polar surface area (TPSA) is 111 Å². The number of methoxy groups -OCH3 is 1. The number of aromatic carboxylic acids is 1. The van der Waals surface area contributed by atoms with Crippen LogP contribution in [-0.4, -0.2) is 36.2 Å². The maximum absolute atomic E-state index is 12.3. The summed E-state index contributed by atoms with van der Waals surface area (Å²) in [6.07, 6.45) is 3.21. The van der Waals surface area contributed by atoms with Gasteiger partial charge in [-0.15, -0.1) is 0 Å². The summed E-state index contributed by atoms with van der Waals surface area (Å²) in [4.78, 5) is 15.3. The van der Waals surface area contributed by atoms with Crippen molar-refractivity contribution in [2.75, 3.05) is 11.8 Å². The fraction of sp³-hybridized carbons (Fsp3) is 0.286. The first-order chi connectivity index (χ1) is 10.8. The van der Waals surface area contributed by atoms with E-state index in [0.29, 0.717) is 12.0 Å². The minimum absolute atomic E-state index is 0.0720. The molecule has 0 bridgehead atoms. The Morgan fingerprint density at radius 1 is 1.43 bits per heavy atom. The second-order valence-electron chi connectivity index (χ2n) is 4.82. The molecule has 2 aromatic rings. The van der Waals surface area contributed by atoms with E-state index in [1.807, 2.05) is 6.92 Å². The van der Waals surface area contributed by atoms with Crippen molar-refractivity contribution in [1.29, 1.82) is 0 Å². The Balaban J connectivity index is 2.54. The fourth-order valence-corrected chi connectivity index (χ4v) is 3.21. The lowest BCUT2D eigenvalue weighted by molar-refractivity contribution is 0.0694. The van der Waals surface area contributed by atoms with E-state index < -0.39 is 16.0 Å². The summed E-state index contributed by atoms with van der Waals surface area (Å²) in [5, 5.41) is 9.24. The maximum Gasteiger partial charge on any atom is 0.341 e. The predicted molar refractivity (Wildman–Crippen MR) is 83.3 cm³/mol. The van der Waals surface area contributed by atoms with Crippen LogP contribution in [0.4, 0.5) is 5.69 Å². The van der Waals surface area contributed by atoms with Crippen LogP contribution in [0.5, 0.6) is 5.75 Å². The van der Waals surface area contributed by atoms with Gasteiger partial charge in [0.1, 0.15) is 11.3 Å². The molecule has 8 nitrogen and oxygen atoms in total. The number of imidazole rings is 1. The molecule has 0 amide bonds. The first-order valence-corrected chi connectivity index (χ1v) is 8.22. The standard InChI is InChI=1S/C14H17N3O5S/c1-4-9-5-6-10(12(14(18)19)13(9)22-3)16-23(20,21)11-7-17(2)8-15-11/h5-8,16H,4H2,1-3H3,(H,18,19). The van der Waals surface area contributed by atoms with Gasteiger partial charge in [-0.2, -0.15) is 8.42 Å². The molecule has 0 radical (unpaired) electrons. The van der Waals surface area contributed by atoms with Crippen molar-refractivity contribution in [3.63, 3.8) is 0 Å². The zero-order chi connectivity index (χ0) is 17.2. The first kappa shape index (κ1) is 16.8. The van der Waals surface area contributed by atoms with Crippen LogP contribution in [0.3, 0.4) is 0 Å². The fourth-order valence-electron chi connectivity index (χ4n) is 2.16. The Hall–Kier alpha value is -2.55. The number of nitrogens with one attached hydrogen (secondary N) is 1. The molecule has 0 fully saturated rings. The third kappa shape index (κ3) is 3.29. The van der Waals surface area contributed by atoms with Crippen LogP contribution in [0.1, 0.15) is 22.8 Å². The quantitative estimate of drug-likeness (QED) is 0.825. The van der Waals surface area contributed by atoms with Crippen molar-refractivity contribution in [2.24, 2.45) is 7.05 Å². The summed E-state index contributed by atoms with van der Waals surface area (Å²) in [6.45, 7) is 1.85. The van der Waals surface area contributed by atoms with E-state index in [1.54, 1.807) is 13.1 Å². The maximum atomic E-state index is 12.3.